The van der Waals surface area contributed by atoms with Crippen molar-refractivity contribution in [3.63, 3.8) is 0 Å². The lowest BCUT2D eigenvalue weighted by Gasteiger charge is -2.27. The van der Waals surface area contributed by atoms with Gasteiger partial charge in [0.1, 0.15) is 17.6 Å². The first kappa shape index (κ1) is 31.4. The van der Waals surface area contributed by atoms with Crippen LogP contribution in [-0.2, 0) is 33.6 Å². The summed E-state index contributed by atoms with van der Waals surface area (Å²) in [6.45, 7) is 2.35. The average molecular weight is 588 g/mol. The van der Waals surface area contributed by atoms with Gasteiger partial charge in [-0.1, -0.05) is 18.2 Å². The zero-order valence-corrected chi connectivity index (χ0v) is 24.8. The fourth-order valence-electron chi connectivity index (χ4n) is 5.38. The highest BCUT2D eigenvalue weighted by Crippen LogP contribution is 2.32. The molecule has 2 aliphatic rings. The van der Waals surface area contributed by atoms with Crippen LogP contribution in [0, 0.1) is 5.92 Å². The molecule has 0 saturated carbocycles. The molecule has 0 spiro atoms. The Hall–Kier alpha value is -2.50. The van der Waals surface area contributed by atoms with Gasteiger partial charge in [-0.15, -0.1) is 0 Å². The molecule has 2 saturated heterocycles. The van der Waals surface area contributed by atoms with E-state index in [1.165, 1.54) is 0 Å². The Morgan fingerprint density at radius 3 is 2.32 bits per heavy atom. The number of hydrogen-bond donors (Lipinski definition) is 0. The first-order valence-electron chi connectivity index (χ1n) is 14.4. The summed E-state index contributed by atoms with van der Waals surface area (Å²) < 4.78 is 46.4. The number of benzene rings is 1. The van der Waals surface area contributed by atoms with E-state index in [1.54, 1.807) is 43.6 Å². The summed E-state index contributed by atoms with van der Waals surface area (Å²) in [6.07, 6.45) is 7.58. The zero-order valence-electron chi connectivity index (χ0n) is 24.0. The van der Waals surface area contributed by atoms with Crippen molar-refractivity contribution in [2.24, 2.45) is 5.92 Å². The van der Waals surface area contributed by atoms with Crippen molar-refractivity contribution in [2.75, 3.05) is 39.8 Å². The van der Waals surface area contributed by atoms with E-state index < -0.39 is 15.8 Å². The van der Waals surface area contributed by atoms with Crippen LogP contribution in [0.1, 0.15) is 85.0 Å². The van der Waals surface area contributed by atoms with Crippen LogP contribution in [0.25, 0.3) is 0 Å². The van der Waals surface area contributed by atoms with Crippen LogP contribution in [0.15, 0.2) is 47.5 Å². The van der Waals surface area contributed by atoms with Crippen molar-refractivity contribution in [1.29, 1.82) is 0 Å². The number of sulfone groups is 1. The molecule has 2 fully saturated rings. The second kappa shape index (κ2) is 15.1. The van der Waals surface area contributed by atoms with Crippen molar-refractivity contribution in [3.05, 3.63) is 59.4 Å². The molecule has 9 nitrogen and oxygen atoms in total. The Balaban J connectivity index is 1.39. The topological polar surface area (TPSA) is 118 Å². The van der Waals surface area contributed by atoms with Gasteiger partial charge >= 0.3 is 0 Å². The number of carbonyl (C=O) groups excluding carboxylic acids is 2. The summed E-state index contributed by atoms with van der Waals surface area (Å²) in [5, 5.41) is 0. The van der Waals surface area contributed by atoms with Crippen molar-refractivity contribution in [2.45, 2.75) is 74.6 Å². The second-order valence-corrected chi connectivity index (χ2v) is 12.9. The van der Waals surface area contributed by atoms with E-state index in [2.05, 4.69) is 4.98 Å². The third-order valence-electron chi connectivity index (χ3n) is 7.82. The van der Waals surface area contributed by atoms with E-state index >= 15 is 0 Å². The Labute approximate surface area is 242 Å². The molecule has 41 heavy (non-hydrogen) atoms. The van der Waals surface area contributed by atoms with Crippen molar-refractivity contribution in [3.8, 4) is 0 Å². The SMILES string of the molecule is COCC(OC1CCCCO1)c1ccc(C(=O)CCC(=O)C(CC2CCOCC2)c2ccc(S(C)(=O)=O)cc2)nc1. The molecule has 0 N–H and O–H groups in total. The molecular formula is C31H41NO8S. The second-order valence-electron chi connectivity index (χ2n) is 10.9. The van der Waals surface area contributed by atoms with Crippen LogP contribution < -0.4 is 0 Å². The van der Waals surface area contributed by atoms with Gasteiger partial charge in [-0.2, -0.15) is 0 Å². The number of ether oxygens (including phenoxy) is 4. The highest BCUT2D eigenvalue weighted by molar-refractivity contribution is 7.90. The smallest absolute Gasteiger partial charge is 0.181 e. The van der Waals surface area contributed by atoms with Gasteiger partial charge in [-0.25, -0.2) is 8.42 Å². The minimum Gasteiger partial charge on any atom is -0.382 e. The van der Waals surface area contributed by atoms with Crippen molar-refractivity contribution in [1.82, 2.24) is 4.98 Å². The van der Waals surface area contributed by atoms with Crippen LogP contribution in [0.3, 0.4) is 0 Å². The molecule has 3 heterocycles. The highest BCUT2D eigenvalue weighted by Gasteiger charge is 2.27. The van der Waals surface area contributed by atoms with Gasteiger partial charge in [0.15, 0.2) is 21.9 Å². The standard InChI is InChI=1S/C31H41NO8S/c1-37-21-30(40-31-5-3-4-16-39-31)24-8-11-27(32-20-24)29(34)13-12-28(33)26(19-22-14-17-38-18-15-22)23-6-9-25(10-7-23)41(2,35)36/h6-11,20,22,26,30-31H,3-5,12-19,21H2,1-2H3. The lowest BCUT2D eigenvalue weighted by Crippen LogP contribution is -2.26. The number of carbonyl (C=O) groups is 2. The molecule has 10 heteroatoms. The van der Waals surface area contributed by atoms with Crippen LogP contribution in [0.2, 0.25) is 0 Å². The molecule has 1 aromatic carbocycles. The number of nitrogens with zero attached hydrogens (tertiary/aromatic N) is 1. The molecule has 0 radical (unpaired) electrons. The Kier molecular flexibility index (Phi) is 11.6. The largest absolute Gasteiger partial charge is 0.382 e. The summed E-state index contributed by atoms with van der Waals surface area (Å²) in [7, 11) is -1.73. The number of pyridine rings is 1. The Morgan fingerprint density at radius 2 is 1.71 bits per heavy atom. The maximum atomic E-state index is 13.5. The molecule has 0 bridgehead atoms. The van der Waals surface area contributed by atoms with Gasteiger partial charge in [0.2, 0.25) is 0 Å². The summed E-state index contributed by atoms with van der Waals surface area (Å²) >= 11 is 0. The number of methoxy groups -OCH3 is 1. The lowest BCUT2D eigenvalue weighted by molar-refractivity contribution is -0.198. The molecule has 0 amide bonds. The summed E-state index contributed by atoms with van der Waals surface area (Å²) in [5.74, 6) is -0.321. The van der Waals surface area contributed by atoms with E-state index in [0.717, 1.165) is 49.5 Å². The normalized spacial score (nSPS) is 19.9. The van der Waals surface area contributed by atoms with Gasteiger partial charge in [0.25, 0.3) is 0 Å². The number of aromatic nitrogens is 1. The van der Waals surface area contributed by atoms with Gasteiger partial charge in [-0.05, 0) is 68.2 Å². The Bertz CT molecular complexity index is 1230. The van der Waals surface area contributed by atoms with E-state index in [-0.39, 0.29) is 41.7 Å². The molecular weight excluding hydrogens is 546 g/mol. The first-order chi connectivity index (χ1) is 19.7. The molecule has 3 unspecified atom stereocenters. The Morgan fingerprint density at radius 1 is 0.976 bits per heavy atom. The third kappa shape index (κ3) is 9.24. The van der Waals surface area contributed by atoms with E-state index in [0.29, 0.717) is 44.5 Å². The van der Waals surface area contributed by atoms with Crippen LogP contribution in [0.4, 0.5) is 0 Å². The number of rotatable bonds is 14. The van der Waals surface area contributed by atoms with Gasteiger partial charge < -0.3 is 18.9 Å². The predicted molar refractivity (Wildman–Crippen MR) is 153 cm³/mol. The monoisotopic (exact) mass is 587 g/mol. The van der Waals surface area contributed by atoms with Crippen LogP contribution in [-0.4, -0.2) is 71.1 Å². The highest BCUT2D eigenvalue weighted by atomic mass is 32.2. The minimum absolute atomic E-state index is 0.0328. The summed E-state index contributed by atoms with van der Waals surface area (Å²) in [6, 6.07) is 10.0. The first-order valence-corrected chi connectivity index (χ1v) is 16.3. The fraction of sp³-hybridized carbons (Fsp3) is 0.581. The zero-order chi connectivity index (χ0) is 29.2. The van der Waals surface area contributed by atoms with E-state index in [4.69, 9.17) is 18.9 Å². The predicted octanol–water partition coefficient (Wildman–Crippen LogP) is 4.85. The lowest BCUT2D eigenvalue weighted by atomic mass is 9.81. The minimum atomic E-state index is -3.34. The quantitative estimate of drug-likeness (QED) is 0.286. The van der Waals surface area contributed by atoms with Gasteiger partial charge in [0, 0.05) is 63.7 Å². The van der Waals surface area contributed by atoms with Crippen molar-refractivity contribution < 1.29 is 37.0 Å². The molecule has 224 valence electrons. The fourth-order valence-corrected chi connectivity index (χ4v) is 6.01. The molecule has 0 aliphatic carbocycles. The van der Waals surface area contributed by atoms with E-state index in [9.17, 15) is 18.0 Å². The maximum absolute atomic E-state index is 13.5. The van der Waals surface area contributed by atoms with Crippen molar-refractivity contribution >= 4 is 21.4 Å². The van der Waals surface area contributed by atoms with Crippen LogP contribution in [0.5, 0.6) is 0 Å². The molecule has 2 aromatic rings. The molecule has 1 aromatic heterocycles. The number of ketones is 2. The summed E-state index contributed by atoms with van der Waals surface area (Å²) in [5.41, 5.74) is 1.86. The number of Topliss-reactive ketones (excluding diaryl/α,β-unsaturated/α-hetero) is 2. The summed E-state index contributed by atoms with van der Waals surface area (Å²) in [4.78, 5) is 31.1. The van der Waals surface area contributed by atoms with Gasteiger partial charge in [0.05, 0.1) is 11.5 Å². The molecule has 2 aliphatic heterocycles. The third-order valence-corrected chi connectivity index (χ3v) is 8.95. The number of hydrogen-bond acceptors (Lipinski definition) is 9. The molecule has 4 rings (SSSR count). The average Bonchev–Trinajstić information content (AvgIpc) is 2.99. The van der Waals surface area contributed by atoms with E-state index in [1.807, 2.05) is 6.07 Å². The van der Waals surface area contributed by atoms with Gasteiger partial charge in [-0.3, -0.25) is 14.6 Å². The molecule has 3 atom stereocenters. The maximum Gasteiger partial charge on any atom is 0.181 e. The van der Waals surface area contributed by atoms with Crippen LogP contribution >= 0.6 is 0 Å².